The van der Waals surface area contributed by atoms with E-state index >= 15 is 0 Å². The van der Waals surface area contributed by atoms with Crippen LogP contribution in [0.25, 0.3) is 10.6 Å². The fourth-order valence-corrected chi connectivity index (χ4v) is 3.32. The van der Waals surface area contributed by atoms with E-state index in [0.29, 0.717) is 31.5 Å². The predicted molar refractivity (Wildman–Crippen MR) is 85.4 cm³/mol. The van der Waals surface area contributed by atoms with Crippen LogP contribution in [0.5, 0.6) is 0 Å². The molecule has 3 rings (SSSR count). The Hall–Kier alpha value is -2.21. The number of rotatable bonds is 3. The molecule has 0 aliphatic carbocycles. The third-order valence-electron chi connectivity index (χ3n) is 4.00. The quantitative estimate of drug-likeness (QED) is 0.943. The molecule has 2 aromatic rings. The maximum atomic E-state index is 12.5. The molecule has 6 heteroatoms. The largest absolute Gasteiger partial charge is 0.369 e. The van der Waals surface area contributed by atoms with E-state index < -0.39 is 0 Å². The first-order valence-corrected chi connectivity index (χ1v) is 8.11. The van der Waals surface area contributed by atoms with Gasteiger partial charge in [-0.15, -0.1) is 11.3 Å². The van der Waals surface area contributed by atoms with Gasteiger partial charge in [0.15, 0.2) is 0 Å². The van der Waals surface area contributed by atoms with Crippen molar-refractivity contribution in [2.24, 2.45) is 11.7 Å². The molecule has 2 amide bonds. The molecule has 5 nitrogen and oxygen atoms in total. The topological polar surface area (TPSA) is 76.3 Å². The van der Waals surface area contributed by atoms with E-state index in [4.69, 9.17) is 5.73 Å². The van der Waals surface area contributed by atoms with Crippen LogP contribution in [-0.2, 0) is 4.79 Å². The monoisotopic (exact) mass is 315 g/mol. The maximum Gasteiger partial charge on any atom is 0.253 e. The molecule has 114 valence electrons. The number of nitrogens with zero attached hydrogens (tertiary/aromatic N) is 2. The summed E-state index contributed by atoms with van der Waals surface area (Å²) in [7, 11) is 0. The zero-order valence-electron chi connectivity index (χ0n) is 12.1. The molecule has 0 atom stereocenters. The van der Waals surface area contributed by atoms with Crippen LogP contribution in [0.4, 0.5) is 0 Å². The van der Waals surface area contributed by atoms with E-state index in [9.17, 15) is 9.59 Å². The summed E-state index contributed by atoms with van der Waals surface area (Å²) in [4.78, 5) is 29.7. The Morgan fingerprint density at radius 1 is 1.18 bits per heavy atom. The Labute approximate surface area is 132 Å². The van der Waals surface area contributed by atoms with Crippen molar-refractivity contribution in [3.63, 3.8) is 0 Å². The number of carbonyl (C=O) groups excluding carboxylic acids is 2. The molecule has 1 aliphatic heterocycles. The highest BCUT2D eigenvalue weighted by Gasteiger charge is 2.26. The number of aromatic nitrogens is 1. The number of thiazole rings is 1. The number of hydrogen-bond donors (Lipinski definition) is 1. The number of hydrogen-bond acceptors (Lipinski definition) is 4. The van der Waals surface area contributed by atoms with Crippen LogP contribution < -0.4 is 5.73 Å². The van der Waals surface area contributed by atoms with Gasteiger partial charge in [0.2, 0.25) is 5.91 Å². The van der Waals surface area contributed by atoms with E-state index in [1.54, 1.807) is 22.4 Å². The molecule has 0 spiro atoms. The second kappa shape index (κ2) is 6.27. The van der Waals surface area contributed by atoms with Gasteiger partial charge in [0.1, 0.15) is 5.01 Å². The molecule has 2 N–H and O–H groups in total. The predicted octanol–water partition coefficient (Wildman–Crippen LogP) is 2.15. The first-order chi connectivity index (χ1) is 10.6. The highest BCUT2D eigenvalue weighted by molar-refractivity contribution is 7.13. The van der Waals surface area contributed by atoms with Gasteiger partial charge in [0.05, 0.1) is 0 Å². The number of amides is 2. The molecule has 1 aromatic heterocycles. The zero-order chi connectivity index (χ0) is 15.5. The number of likely N-dealkylation sites (tertiary alicyclic amines) is 1. The maximum absolute atomic E-state index is 12.5. The Balaban J connectivity index is 1.67. The van der Waals surface area contributed by atoms with E-state index in [0.717, 1.165) is 10.6 Å². The molecule has 0 unspecified atom stereocenters. The summed E-state index contributed by atoms with van der Waals surface area (Å²) >= 11 is 1.57. The average Bonchev–Trinajstić information content (AvgIpc) is 3.09. The summed E-state index contributed by atoms with van der Waals surface area (Å²) in [5.41, 5.74) is 6.99. The van der Waals surface area contributed by atoms with Crippen LogP contribution in [0, 0.1) is 5.92 Å². The molecule has 1 saturated heterocycles. The van der Waals surface area contributed by atoms with Gasteiger partial charge in [-0.3, -0.25) is 9.59 Å². The first-order valence-electron chi connectivity index (χ1n) is 7.23. The Morgan fingerprint density at radius 3 is 2.41 bits per heavy atom. The average molecular weight is 315 g/mol. The van der Waals surface area contributed by atoms with Gasteiger partial charge in [-0.1, -0.05) is 12.1 Å². The van der Waals surface area contributed by atoms with Crippen LogP contribution >= 0.6 is 11.3 Å². The third kappa shape index (κ3) is 3.01. The minimum atomic E-state index is -0.264. The summed E-state index contributed by atoms with van der Waals surface area (Å²) in [5.74, 6) is -0.357. The van der Waals surface area contributed by atoms with Gasteiger partial charge in [0, 0.05) is 41.7 Å². The third-order valence-corrected chi connectivity index (χ3v) is 4.82. The number of piperidine rings is 1. The van der Waals surface area contributed by atoms with E-state index in [1.165, 1.54) is 0 Å². The fourth-order valence-electron chi connectivity index (χ4n) is 2.67. The fraction of sp³-hybridized carbons (Fsp3) is 0.312. The van der Waals surface area contributed by atoms with Crippen LogP contribution in [0.1, 0.15) is 23.2 Å². The lowest BCUT2D eigenvalue weighted by atomic mass is 9.96. The molecule has 1 aromatic carbocycles. The van der Waals surface area contributed by atoms with Gasteiger partial charge in [0.25, 0.3) is 5.91 Å². The van der Waals surface area contributed by atoms with Crippen LogP contribution in [-0.4, -0.2) is 34.8 Å². The van der Waals surface area contributed by atoms with Gasteiger partial charge >= 0.3 is 0 Å². The van der Waals surface area contributed by atoms with Crippen molar-refractivity contribution in [3.05, 3.63) is 41.4 Å². The number of benzene rings is 1. The number of primary amides is 1. The Morgan fingerprint density at radius 2 is 1.86 bits per heavy atom. The molecule has 0 saturated carbocycles. The molecule has 1 fully saturated rings. The molecule has 0 bridgehead atoms. The van der Waals surface area contributed by atoms with Crippen LogP contribution in [0.2, 0.25) is 0 Å². The summed E-state index contributed by atoms with van der Waals surface area (Å²) in [6.07, 6.45) is 3.07. The van der Waals surface area contributed by atoms with Gasteiger partial charge in [-0.25, -0.2) is 4.98 Å². The summed E-state index contributed by atoms with van der Waals surface area (Å²) < 4.78 is 0. The van der Waals surface area contributed by atoms with Crippen molar-refractivity contribution in [3.8, 4) is 10.6 Å². The van der Waals surface area contributed by atoms with Crippen molar-refractivity contribution in [1.29, 1.82) is 0 Å². The normalized spacial score (nSPS) is 15.7. The van der Waals surface area contributed by atoms with Crippen LogP contribution in [0.15, 0.2) is 35.8 Å². The lowest BCUT2D eigenvalue weighted by Crippen LogP contribution is -2.41. The second-order valence-electron chi connectivity index (χ2n) is 5.38. The smallest absolute Gasteiger partial charge is 0.253 e. The van der Waals surface area contributed by atoms with Crippen molar-refractivity contribution in [2.75, 3.05) is 13.1 Å². The zero-order valence-corrected chi connectivity index (χ0v) is 12.9. The first kappa shape index (κ1) is 14.7. The minimum absolute atomic E-state index is 0.00797. The van der Waals surface area contributed by atoms with Crippen LogP contribution in [0.3, 0.4) is 0 Å². The van der Waals surface area contributed by atoms with Gasteiger partial charge in [-0.05, 0) is 25.0 Å². The number of nitrogens with two attached hydrogens (primary N) is 1. The van der Waals surface area contributed by atoms with Gasteiger partial charge < -0.3 is 10.6 Å². The second-order valence-corrected chi connectivity index (χ2v) is 6.28. The lowest BCUT2D eigenvalue weighted by molar-refractivity contribution is -0.123. The summed E-state index contributed by atoms with van der Waals surface area (Å²) in [6, 6.07) is 7.50. The molecule has 22 heavy (non-hydrogen) atoms. The molecule has 1 aliphatic rings. The van der Waals surface area contributed by atoms with Crippen molar-refractivity contribution < 1.29 is 9.59 Å². The van der Waals surface area contributed by atoms with E-state index in [1.807, 2.05) is 29.6 Å². The SMILES string of the molecule is NC(=O)C1CCN(C(=O)c2ccc(-c3nccs3)cc2)CC1. The lowest BCUT2D eigenvalue weighted by Gasteiger charge is -2.30. The molecular formula is C16H17N3O2S. The van der Waals surface area contributed by atoms with Crippen molar-refractivity contribution in [1.82, 2.24) is 9.88 Å². The minimum Gasteiger partial charge on any atom is -0.369 e. The summed E-state index contributed by atoms with van der Waals surface area (Å²) in [6.45, 7) is 1.17. The Kier molecular flexibility index (Phi) is 4.20. The van der Waals surface area contributed by atoms with E-state index in [-0.39, 0.29) is 17.7 Å². The highest BCUT2D eigenvalue weighted by atomic mass is 32.1. The Bertz CT molecular complexity index is 659. The number of carbonyl (C=O) groups is 2. The summed E-state index contributed by atoms with van der Waals surface area (Å²) in [5, 5.41) is 2.87. The highest BCUT2D eigenvalue weighted by Crippen LogP contribution is 2.23. The molecule has 0 radical (unpaired) electrons. The molecule has 2 heterocycles. The molecular weight excluding hydrogens is 298 g/mol. The standard InChI is InChI=1S/C16H17N3O2S/c17-14(20)11-5-8-19(9-6-11)16(21)13-3-1-12(2-4-13)15-18-7-10-22-15/h1-4,7,10-11H,5-6,8-9H2,(H2,17,20). The van der Waals surface area contributed by atoms with Crippen molar-refractivity contribution >= 4 is 23.2 Å². The van der Waals surface area contributed by atoms with E-state index in [2.05, 4.69) is 4.98 Å². The van der Waals surface area contributed by atoms with Crippen molar-refractivity contribution in [2.45, 2.75) is 12.8 Å². The van der Waals surface area contributed by atoms with Gasteiger partial charge in [-0.2, -0.15) is 0 Å².